The van der Waals surface area contributed by atoms with Gasteiger partial charge in [0, 0.05) is 23.8 Å². The number of amides is 3. The summed E-state index contributed by atoms with van der Waals surface area (Å²) in [5, 5.41) is 8.45. The van der Waals surface area contributed by atoms with Crippen LogP contribution in [0.3, 0.4) is 0 Å². The minimum Gasteiger partial charge on any atom is -0.350 e. The van der Waals surface area contributed by atoms with Gasteiger partial charge in [-0.15, -0.1) is 0 Å². The van der Waals surface area contributed by atoms with Gasteiger partial charge in [-0.2, -0.15) is 0 Å². The average molecular weight is 400 g/mol. The normalized spacial score (nSPS) is 12.9. The zero-order chi connectivity index (χ0) is 21.4. The summed E-state index contributed by atoms with van der Waals surface area (Å²) in [6.45, 7) is 4.27. The van der Waals surface area contributed by atoms with Crippen molar-refractivity contribution in [3.63, 3.8) is 0 Å². The molecule has 2 atom stereocenters. The molecule has 6 nitrogen and oxygen atoms in total. The Labute approximate surface area is 171 Å². The molecule has 0 heterocycles. The molecule has 0 bridgehead atoms. The molecule has 0 saturated carbocycles. The number of rotatable bonds is 8. The van der Waals surface area contributed by atoms with E-state index in [4.69, 9.17) is 0 Å². The Hall–Kier alpha value is -2.93. The highest BCUT2D eigenvalue weighted by Gasteiger charge is 2.16. The molecule has 2 aromatic carbocycles. The van der Waals surface area contributed by atoms with Crippen molar-refractivity contribution in [2.75, 3.05) is 26.0 Å². The molecule has 0 aliphatic carbocycles. The van der Waals surface area contributed by atoms with E-state index >= 15 is 0 Å². The van der Waals surface area contributed by atoms with E-state index in [0.29, 0.717) is 17.8 Å². The smallest absolute Gasteiger partial charge is 0.319 e. The van der Waals surface area contributed by atoms with Gasteiger partial charge >= 0.3 is 6.03 Å². The van der Waals surface area contributed by atoms with Crippen molar-refractivity contribution in [1.82, 2.24) is 15.5 Å². The zero-order valence-corrected chi connectivity index (χ0v) is 17.3. The Balaban J connectivity index is 1.92. The van der Waals surface area contributed by atoms with E-state index in [9.17, 15) is 14.0 Å². The second-order valence-electron chi connectivity index (χ2n) is 7.23. The highest BCUT2D eigenvalue weighted by Crippen LogP contribution is 2.18. The molecule has 3 amide bonds. The first-order chi connectivity index (χ1) is 13.8. The summed E-state index contributed by atoms with van der Waals surface area (Å²) in [5.74, 6) is -0.449. The molecular formula is C22H29FN4O2. The second kappa shape index (κ2) is 10.6. The summed E-state index contributed by atoms with van der Waals surface area (Å²) >= 11 is 0. The van der Waals surface area contributed by atoms with Gasteiger partial charge in [-0.3, -0.25) is 4.79 Å². The molecule has 29 heavy (non-hydrogen) atoms. The van der Waals surface area contributed by atoms with Gasteiger partial charge in [-0.1, -0.05) is 19.1 Å². The van der Waals surface area contributed by atoms with Gasteiger partial charge in [0.05, 0.1) is 6.04 Å². The molecule has 0 aliphatic rings. The van der Waals surface area contributed by atoms with E-state index in [0.717, 1.165) is 12.0 Å². The van der Waals surface area contributed by atoms with Gasteiger partial charge in [0.15, 0.2) is 0 Å². The first kappa shape index (κ1) is 22.4. The fourth-order valence-corrected chi connectivity index (χ4v) is 2.79. The van der Waals surface area contributed by atoms with Crippen molar-refractivity contribution in [3.05, 3.63) is 65.5 Å². The maximum atomic E-state index is 13.5. The lowest BCUT2D eigenvalue weighted by Crippen LogP contribution is -2.37. The highest BCUT2D eigenvalue weighted by atomic mass is 19.1. The number of urea groups is 1. The number of nitrogens with zero attached hydrogens (tertiary/aromatic N) is 1. The minimum atomic E-state index is -0.370. The molecule has 2 aromatic rings. The summed E-state index contributed by atoms with van der Waals surface area (Å²) in [7, 11) is 3.75. The number of hydrogen-bond donors (Lipinski definition) is 3. The molecule has 2 rings (SSSR count). The molecule has 2 unspecified atom stereocenters. The van der Waals surface area contributed by atoms with Crippen molar-refractivity contribution < 1.29 is 14.0 Å². The van der Waals surface area contributed by atoms with Crippen LogP contribution in [-0.2, 0) is 0 Å². The summed E-state index contributed by atoms with van der Waals surface area (Å²) in [6, 6.07) is 12.6. The van der Waals surface area contributed by atoms with Crippen molar-refractivity contribution in [2.24, 2.45) is 0 Å². The maximum Gasteiger partial charge on any atom is 0.319 e. The van der Waals surface area contributed by atoms with Crippen molar-refractivity contribution in [3.8, 4) is 0 Å². The van der Waals surface area contributed by atoms with Gasteiger partial charge in [-0.05, 0) is 69.4 Å². The van der Waals surface area contributed by atoms with Crippen LogP contribution in [-0.4, -0.2) is 43.5 Å². The number of likely N-dealkylation sites (N-methyl/N-ethyl adjacent to an activating group) is 1. The van der Waals surface area contributed by atoms with Crippen molar-refractivity contribution in [1.29, 1.82) is 0 Å². The Morgan fingerprint density at radius 2 is 1.79 bits per heavy atom. The second-order valence-corrected chi connectivity index (χ2v) is 7.23. The Morgan fingerprint density at radius 1 is 1.10 bits per heavy atom. The first-order valence-electron chi connectivity index (χ1n) is 9.67. The maximum absolute atomic E-state index is 13.5. The van der Waals surface area contributed by atoms with Crippen molar-refractivity contribution in [2.45, 2.75) is 32.4 Å². The molecular weight excluding hydrogens is 371 g/mol. The molecule has 0 aromatic heterocycles. The Kier molecular flexibility index (Phi) is 8.15. The van der Waals surface area contributed by atoms with Crippen molar-refractivity contribution >= 4 is 17.6 Å². The number of benzene rings is 2. The molecule has 156 valence electrons. The van der Waals surface area contributed by atoms with Gasteiger partial charge in [-0.25, -0.2) is 9.18 Å². The number of anilines is 1. The van der Waals surface area contributed by atoms with Crippen LogP contribution in [0.1, 0.15) is 42.2 Å². The number of hydrogen-bond acceptors (Lipinski definition) is 3. The zero-order valence-electron chi connectivity index (χ0n) is 17.3. The first-order valence-corrected chi connectivity index (χ1v) is 9.67. The van der Waals surface area contributed by atoms with E-state index in [1.807, 2.05) is 38.9 Å². The lowest BCUT2D eigenvalue weighted by molar-refractivity contribution is 0.0939. The predicted molar refractivity (Wildman–Crippen MR) is 114 cm³/mol. The number of halogens is 1. The van der Waals surface area contributed by atoms with E-state index in [1.54, 1.807) is 30.3 Å². The van der Waals surface area contributed by atoms with Gasteiger partial charge in [0.25, 0.3) is 5.91 Å². The van der Waals surface area contributed by atoms with Crippen LogP contribution in [0.5, 0.6) is 0 Å². The topological polar surface area (TPSA) is 73.5 Å². The summed E-state index contributed by atoms with van der Waals surface area (Å²) < 4.78 is 13.5. The van der Waals surface area contributed by atoms with Crippen LogP contribution in [0.2, 0.25) is 0 Å². The molecule has 0 spiro atoms. The van der Waals surface area contributed by atoms with Crippen LogP contribution in [0.15, 0.2) is 48.5 Å². The lowest BCUT2D eigenvalue weighted by Gasteiger charge is -2.25. The van der Waals surface area contributed by atoms with Crippen LogP contribution >= 0.6 is 0 Å². The SMILES string of the molecule is CCC(C)NC(=O)c1ccc(NC(=O)NCC(c2cccc(F)c2)N(C)C)cc1. The van der Waals surface area contributed by atoms with Crippen LogP contribution in [0, 0.1) is 5.82 Å². The third-order valence-corrected chi connectivity index (χ3v) is 4.71. The predicted octanol–water partition coefficient (Wildman–Crippen LogP) is 3.78. The summed E-state index contributed by atoms with van der Waals surface area (Å²) in [4.78, 5) is 26.3. The average Bonchev–Trinajstić information content (AvgIpc) is 2.68. The van der Waals surface area contributed by atoms with Crippen LogP contribution in [0.4, 0.5) is 14.9 Å². The minimum absolute atomic E-state index is 0.105. The largest absolute Gasteiger partial charge is 0.350 e. The fraction of sp³-hybridized carbons (Fsp3) is 0.364. The van der Waals surface area contributed by atoms with E-state index < -0.39 is 0 Å². The number of carbonyl (C=O) groups is 2. The third kappa shape index (κ3) is 6.87. The monoisotopic (exact) mass is 400 g/mol. The Morgan fingerprint density at radius 3 is 2.38 bits per heavy atom. The van der Waals surface area contributed by atoms with E-state index in [-0.39, 0.29) is 29.8 Å². The molecule has 0 fully saturated rings. The van der Waals surface area contributed by atoms with Gasteiger partial charge < -0.3 is 20.9 Å². The molecule has 7 heteroatoms. The van der Waals surface area contributed by atoms with E-state index in [2.05, 4.69) is 16.0 Å². The molecule has 0 radical (unpaired) electrons. The Bertz CT molecular complexity index is 824. The lowest BCUT2D eigenvalue weighted by atomic mass is 10.1. The quantitative estimate of drug-likeness (QED) is 0.631. The van der Waals surface area contributed by atoms with Crippen LogP contribution < -0.4 is 16.0 Å². The summed E-state index contributed by atoms with van der Waals surface area (Å²) in [6.07, 6.45) is 0.856. The van der Waals surface area contributed by atoms with Gasteiger partial charge in [0.1, 0.15) is 5.82 Å². The fourth-order valence-electron chi connectivity index (χ4n) is 2.79. The van der Waals surface area contributed by atoms with Crippen LogP contribution in [0.25, 0.3) is 0 Å². The number of nitrogens with one attached hydrogen (secondary N) is 3. The number of carbonyl (C=O) groups excluding carboxylic acids is 2. The molecule has 3 N–H and O–H groups in total. The molecule has 0 saturated heterocycles. The third-order valence-electron chi connectivity index (χ3n) is 4.71. The van der Waals surface area contributed by atoms with Gasteiger partial charge in [0.2, 0.25) is 0 Å². The molecule has 0 aliphatic heterocycles. The standard InChI is InChI=1S/C22H29FN4O2/c1-5-15(2)25-21(28)16-9-11-19(12-10-16)26-22(29)24-14-20(27(3)4)17-7-6-8-18(23)13-17/h6-13,15,20H,5,14H2,1-4H3,(H,25,28)(H2,24,26,29). The summed E-state index contributed by atoms with van der Waals surface area (Å²) in [5.41, 5.74) is 1.90. The highest BCUT2D eigenvalue weighted by molar-refractivity contribution is 5.95. The van der Waals surface area contributed by atoms with E-state index in [1.165, 1.54) is 12.1 Å².